The minimum absolute atomic E-state index is 0.290. The number of alkyl halides is 3. The van der Waals surface area contributed by atoms with E-state index in [9.17, 15) is 18.0 Å². The van der Waals surface area contributed by atoms with Crippen LogP contribution in [0.3, 0.4) is 0 Å². The molecule has 0 saturated heterocycles. The average molecular weight is 254 g/mol. The summed E-state index contributed by atoms with van der Waals surface area (Å²) in [6, 6.07) is 0. The summed E-state index contributed by atoms with van der Waals surface area (Å²) in [4.78, 5) is 11.7. The number of halogens is 3. The lowest BCUT2D eigenvalue weighted by Crippen LogP contribution is -2.33. The van der Waals surface area contributed by atoms with Gasteiger partial charge in [-0.05, 0) is 25.7 Å². The van der Waals surface area contributed by atoms with Crippen LogP contribution in [0.25, 0.3) is 0 Å². The number of rotatable bonds is 6. The minimum Gasteiger partial charge on any atom is -0.456 e. The third-order valence-corrected chi connectivity index (χ3v) is 3.14. The topological polar surface area (TPSA) is 26.3 Å². The van der Waals surface area contributed by atoms with Crippen molar-refractivity contribution >= 4 is 5.97 Å². The number of carbonyl (C=O) groups is 1. The maximum absolute atomic E-state index is 12.0. The molecule has 0 aliphatic heterocycles. The first-order chi connectivity index (χ1) is 7.64. The summed E-state index contributed by atoms with van der Waals surface area (Å²) in [6.07, 6.45) is -2.53. The normalized spacial score (nSPS) is 17.4. The highest BCUT2D eigenvalue weighted by Crippen LogP contribution is 2.33. The molecular weight excluding hydrogens is 233 g/mol. The fraction of sp³-hybridized carbons (Fsp3) is 0.917. The Labute approximate surface area is 101 Å². The van der Waals surface area contributed by atoms with Crippen LogP contribution in [0.1, 0.15) is 47.0 Å². The van der Waals surface area contributed by atoms with Gasteiger partial charge in [0.05, 0.1) is 5.41 Å². The van der Waals surface area contributed by atoms with Crippen molar-refractivity contribution in [2.45, 2.75) is 53.1 Å². The number of carbonyl (C=O) groups excluding carboxylic acids is 1. The van der Waals surface area contributed by atoms with Gasteiger partial charge in [-0.3, -0.25) is 4.79 Å². The van der Waals surface area contributed by atoms with Gasteiger partial charge < -0.3 is 4.74 Å². The number of hydrogen-bond donors (Lipinski definition) is 0. The molecule has 0 aliphatic carbocycles. The van der Waals surface area contributed by atoms with Crippen molar-refractivity contribution in [2.24, 2.45) is 11.3 Å². The predicted octanol–water partition coefficient (Wildman–Crippen LogP) is 3.94. The van der Waals surface area contributed by atoms with E-state index >= 15 is 0 Å². The number of hydrogen-bond acceptors (Lipinski definition) is 2. The van der Waals surface area contributed by atoms with Crippen LogP contribution in [0.2, 0.25) is 0 Å². The number of esters is 1. The van der Waals surface area contributed by atoms with Gasteiger partial charge in [-0.2, -0.15) is 13.2 Å². The van der Waals surface area contributed by atoms with Gasteiger partial charge in [0, 0.05) is 0 Å². The molecule has 0 bridgehead atoms. The molecule has 2 nitrogen and oxygen atoms in total. The average Bonchev–Trinajstić information content (AvgIpc) is 2.24. The predicted molar refractivity (Wildman–Crippen MR) is 59.5 cm³/mol. The highest BCUT2D eigenvalue weighted by Gasteiger charge is 2.37. The van der Waals surface area contributed by atoms with Crippen LogP contribution in [0, 0.1) is 11.3 Å². The van der Waals surface area contributed by atoms with Gasteiger partial charge in [0.15, 0.2) is 6.61 Å². The highest BCUT2D eigenvalue weighted by molar-refractivity contribution is 5.76. The molecule has 0 aromatic heterocycles. The summed E-state index contributed by atoms with van der Waals surface area (Å²) >= 11 is 0. The monoisotopic (exact) mass is 254 g/mol. The lowest BCUT2D eigenvalue weighted by Gasteiger charge is -2.28. The summed E-state index contributed by atoms with van der Waals surface area (Å²) in [5.41, 5.74) is -0.819. The van der Waals surface area contributed by atoms with E-state index in [1.807, 2.05) is 13.8 Å². The van der Waals surface area contributed by atoms with Crippen LogP contribution in [-0.4, -0.2) is 18.8 Å². The molecule has 0 spiro atoms. The van der Waals surface area contributed by atoms with Crippen LogP contribution in [0.4, 0.5) is 13.2 Å². The van der Waals surface area contributed by atoms with E-state index in [1.165, 1.54) is 0 Å². The van der Waals surface area contributed by atoms with Gasteiger partial charge in [0.2, 0.25) is 0 Å². The molecule has 0 aromatic rings. The Hall–Kier alpha value is -0.740. The maximum Gasteiger partial charge on any atom is 0.422 e. The van der Waals surface area contributed by atoms with Crippen LogP contribution >= 0.6 is 0 Å². The molecule has 0 fully saturated rings. The Morgan fingerprint density at radius 1 is 1.29 bits per heavy atom. The van der Waals surface area contributed by atoms with E-state index in [2.05, 4.69) is 4.74 Å². The molecule has 102 valence electrons. The number of ether oxygens (including phenoxy) is 1. The molecule has 0 aliphatic rings. The SMILES string of the molecule is CC[C@@H](C)C[C@@](C)(CC)C(=O)OCC(F)(F)F. The fourth-order valence-electron chi connectivity index (χ4n) is 1.61. The lowest BCUT2D eigenvalue weighted by molar-refractivity contribution is -0.193. The first-order valence-corrected chi connectivity index (χ1v) is 5.88. The first kappa shape index (κ1) is 16.3. The summed E-state index contributed by atoms with van der Waals surface area (Å²) in [5, 5.41) is 0. The molecule has 0 radical (unpaired) electrons. The van der Waals surface area contributed by atoms with Crippen LogP contribution in [-0.2, 0) is 9.53 Å². The molecule has 17 heavy (non-hydrogen) atoms. The van der Waals surface area contributed by atoms with Gasteiger partial charge in [0.25, 0.3) is 0 Å². The molecule has 5 heteroatoms. The first-order valence-electron chi connectivity index (χ1n) is 5.88. The summed E-state index contributed by atoms with van der Waals surface area (Å²) in [7, 11) is 0. The van der Waals surface area contributed by atoms with Crippen LogP contribution < -0.4 is 0 Å². The van der Waals surface area contributed by atoms with Crippen molar-refractivity contribution in [1.29, 1.82) is 0 Å². The maximum atomic E-state index is 12.0. The van der Waals surface area contributed by atoms with E-state index in [4.69, 9.17) is 0 Å². The largest absolute Gasteiger partial charge is 0.456 e. The lowest BCUT2D eigenvalue weighted by atomic mass is 9.78. The third kappa shape index (κ3) is 5.94. The molecule has 2 atom stereocenters. The zero-order valence-corrected chi connectivity index (χ0v) is 10.9. The van der Waals surface area contributed by atoms with Crippen molar-refractivity contribution < 1.29 is 22.7 Å². The van der Waals surface area contributed by atoms with Gasteiger partial charge in [-0.25, -0.2) is 0 Å². The quantitative estimate of drug-likeness (QED) is 0.671. The van der Waals surface area contributed by atoms with Gasteiger partial charge >= 0.3 is 12.1 Å². The van der Waals surface area contributed by atoms with Crippen molar-refractivity contribution in [1.82, 2.24) is 0 Å². The Morgan fingerprint density at radius 3 is 2.18 bits per heavy atom. The molecule has 0 N–H and O–H groups in total. The fourth-order valence-corrected chi connectivity index (χ4v) is 1.61. The molecule has 0 rings (SSSR count). The molecule has 0 saturated carbocycles. The highest BCUT2D eigenvalue weighted by atomic mass is 19.4. The molecule has 0 unspecified atom stereocenters. The zero-order valence-electron chi connectivity index (χ0n) is 10.9. The van der Waals surface area contributed by atoms with Gasteiger partial charge in [0.1, 0.15) is 0 Å². The van der Waals surface area contributed by atoms with Crippen molar-refractivity contribution in [2.75, 3.05) is 6.61 Å². The van der Waals surface area contributed by atoms with Gasteiger partial charge in [-0.15, -0.1) is 0 Å². The Bertz CT molecular complexity index is 251. The summed E-state index contributed by atoms with van der Waals surface area (Å²) < 4.78 is 40.2. The second-order valence-electron chi connectivity index (χ2n) is 4.82. The van der Waals surface area contributed by atoms with Crippen molar-refractivity contribution in [3.8, 4) is 0 Å². The Kier molecular flexibility index (Phi) is 5.99. The standard InChI is InChI=1S/C12H21F3O2/c1-5-9(3)7-11(4,6-2)10(16)17-8-12(13,14)15/h9H,5-8H2,1-4H3/t9-,11-/m1/s1. The van der Waals surface area contributed by atoms with E-state index in [1.54, 1.807) is 13.8 Å². The Balaban J connectivity index is 4.47. The molecule has 0 heterocycles. The van der Waals surface area contributed by atoms with E-state index in [0.29, 0.717) is 18.8 Å². The molecule has 0 amide bonds. The van der Waals surface area contributed by atoms with Gasteiger partial charge in [-0.1, -0.05) is 27.2 Å². The summed E-state index contributed by atoms with van der Waals surface area (Å²) in [5.74, 6) is -0.462. The van der Waals surface area contributed by atoms with E-state index < -0.39 is 24.2 Å². The third-order valence-electron chi connectivity index (χ3n) is 3.14. The minimum atomic E-state index is -4.46. The zero-order chi connectivity index (χ0) is 13.7. The second kappa shape index (κ2) is 6.26. The smallest absolute Gasteiger partial charge is 0.422 e. The van der Waals surface area contributed by atoms with Crippen LogP contribution in [0.5, 0.6) is 0 Å². The molecular formula is C12H21F3O2. The molecule has 0 aromatic carbocycles. The second-order valence-corrected chi connectivity index (χ2v) is 4.82. The van der Waals surface area contributed by atoms with Crippen molar-refractivity contribution in [3.05, 3.63) is 0 Å². The van der Waals surface area contributed by atoms with E-state index in [-0.39, 0.29) is 0 Å². The van der Waals surface area contributed by atoms with E-state index in [0.717, 1.165) is 6.42 Å². The van der Waals surface area contributed by atoms with Crippen LogP contribution in [0.15, 0.2) is 0 Å². The Morgan fingerprint density at radius 2 is 1.82 bits per heavy atom. The summed E-state index contributed by atoms with van der Waals surface area (Å²) in [6.45, 7) is 5.92. The van der Waals surface area contributed by atoms with Crippen molar-refractivity contribution in [3.63, 3.8) is 0 Å².